The Morgan fingerprint density at radius 1 is 1.09 bits per heavy atom. The van der Waals surface area contributed by atoms with Crippen LogP contribution in [-0.2, 0) is 9.59 Å². The molecular weight excluding hydrogens is 294 g/mol. The SMILES string of the molecule is CC(=O)N1CCCC[C@H]1CC(=O)N1CCN(CC(C)(C)O)CC1. The number of aliphatic hydroxyl groups is 1. The zero-order valence-corrected chi connectivity index (χ0v) is 14.8. The molecule has 132 valence electrons. The molecule has 1 N–H and O–H groups in total. The highest BCUT2D eigenvalue weighted by atomic mass is 16.3. The van der Waals surface area contributed by atoms with Gasteiger partial charge in [-0.05, 0) is 33.1 Å². The molecule has 2 fully saturated rings. The van der Waals surface area contributed by atoms with Gasteiger partial charge in [0.1, 0.15) is 0 Å². The molecule has 6 nitrogen and oxygen atoms in total. The number of nitrogens with zero attached hydrogens (tertiary/aromatic N) is 3. The van der Waals surface area contributed by atoms with Crippen LogP contribution in [0.15, 0.2) is 0 Å². The second kappa shape index (κ2) is 7.62. The summed E-state index contributed by atoms with van der Waals surface area (Å²) in [4.78, 5) is 30.2. The summed E-state index contributed by atoms with van der Waals surface area (Å²) in [5, 5.41) is 9.88. The standard InChI is InChI=1S/C17H31N3O3/c1-14(21)20-7-5-4-6-15(20)12-16(22)19-10-8-18(9-11-19)13-17(2,3)23/h15,23H,4-13H2,1-3H3/t15-/m0/s1. The normalized spacial score (nSPS) is 23.9. The van der Waals surface area contributed by atoms with Crippen LogP contribution in [-0.4, -0.2) is 82.5 Å². The van der Waals surface area contributed by atoms with E-state index in [1.165, 1.54) is 0 Å². The first-order chi connectivity index (χ1) is 10.8. The van der Waals surface area contributed by atoms with E-state index in [0.717, 1.165) is 38.9 Å². The van der Waals surface area contributed by atoms with Crippen molar-refractivity contribution < 1.29 is 14.7 Å². The van der Waals surface area contributed by atoms with Crippen molar-refractivity contribution in [3.8, 4) is 0 Å². The fourth-order valence-electron chi connectivity index (χ4n) is 3.66. The van der Waals surface area contributed by atoms with E-state index in [9.17, 15) is 14.7 Å². The van der Waals surface area contributed by atoms with Crippen LogP contribution in [0.3, 0.4) is 0 Å². The average molecular weight is 325 g/mol. The van der Waals surface area contributed by atoms with Crippen molar-refractivity contribution in [2.45, 2.75) is 58.1 Å². The van der Waals surface area contributed by atoms with Crippen molar-refractivity contribution in [2.75, 3.05) is 39.3 Å². The summed E-state index contributed by atoms with van der Waals surface area (Å²) in [5.74, 6) is 0.239. The Balaban J connectivity index is 1.81. The van der Waals surface area contributed by atoms with Crippen molar-refractivity contribution in [1.82, 2.24) is 14.7 Å². The third-order valence-corrected chi connectivity index (χ3v) is 4.78. The second-order valence-corrected chi connectivity index (χ2v) is 7.54. The molecule has 6 heteroatoms. The lowest BCUT2D eigenvalue weighted by molar-refractivity contribution is -0.138. The van der Waals surface area contributed by atoms with Gasteiger partial charge in [-0.3, -0.25) is 14.5 Å². The molecule has 2 rings (SSSR count). The van der Waals surface area contributed by atoms with Gasteiger partial charge in [-0.15, -0.1) is 0 Å². The molecule has 2 amide bonds. The number of hydrogen-bond donors (Lipinski definition) is 1. The summed E-state index contributed by atoms with van der Waals surface area (Å²) in [6, 6.07) is 0.0724. The molecule has 2 aliphatic heterocycles. The van der Waals surface area contributed by atoms with Gasteiger partial charge in [-0.1, -0.05) is 0 Å². The molecule has 23 heavy (non-hydrogen) atoms. The Bertz CT molecular complexity index is 425. The molecule has 2 aliphatic rings. The maximum Gasteiger partial charge on any atom is 0.224 e. The molecule has 0 aromatic heterocycles. The minimum Gasteiger partial charge on any atom is -0.389 e. The number of carbonyl (C=O) groups excluding carboxylic acids is 2. The van der Waals surface area contributed by atoms with Crippen LogP contribution in [0, 0.1) is 0 Å². The molecule has 0 aromatic carbocycles. The Kier molecular flexibility index (Phi) is 6.03. The summed E-state index contributed by atoms with van der Waals surface area (Å²) in [6.07, 6.45) is 3.52. The smallest absolute Gasteiger partial charge is 0.224 e. The van der Waals surface area contributed by atoms with E-state index in [4.69, 9.17) is 0 Å². The first kappa shape index (κ1) is 18.2. The van der Waals surface area contributed by atoms with E-state index in [2.05, 4.69) is 4.90 Å². The number of carbonyl (C=O) groups is 2. The van der Waals surface area contributed by atoms with Crippen molar-refractivity contribution >= 4 is 11.8 Å². The Labute approximate surface area is 139 Å². The van der Waals surface area contributed by atoms with Crippen LogP contribution in [0.1, 0.15) is 46.5 Å². The van der Waals surface area contributed by atoms with E-state index >= 15 is 0 Å². The van der Waals surface area contributed by atoms with Crippen molar-refractivity contribution in [1.29, 1.82) is 0 Å². The summed E-state index contributed by atoms with van der Waals surface area (Å²) in [5.41, 5.74) is -0.698. The minimum absolute atomic E-state index is 0.0724. The predicted octanol–water partition coefficient (Wildman–Crippen LogP) is 0.693. The molecule has 0 unspecified atom stereocenters. The predicted molar refractivity (Wildman–Crippen MR) is 89.0 cm³/mol. The molecular formula is C17H31N3O3. The molecule has 2 saturated heterocycles. The van der Waals surface area contributed by atoms with E-state index in [0.29, 0.717) is 26.1 Å². The Hall–Kier alpha value is -1.14. The summed E-state index contributed by atoms with van der Waals surface area (Å²) >= 11 is 0. The highest BCUT2D eigenvalue weighted by molar-refractivity contribution is 5.79. The fraction of sp³-hybridized carbons (Fsp3) is 0.882. The quantitative estimate of drug-likeness (QED) is 0.826. The lowest BCUT2D eigenvalue weighted by Crippen LogP contribution is -2.53. The first-order valence-electron chi connectivity index (χ1n) is 8.76. The number of likely N-dealkylation sites (tertiary alicyclic amines) is 1. The highest BCUT2D eigenvalue weighted by Gasteiger charge is 2.30. The van der Waals surface area contributed by atoms with Gasteiger partial charge < -0.3 is 14.9 Å². The van der Waals surface area contributed by atoms with E-state index in [1.54, 1.807) is 6.92 Å². The molecule has 0 saturated carbocycles. The number of piperidine rings is 1. The molecule has 2 heterocycles. The summed E-state index contributed by atoms with van der Waals surface area (Å²) in [7, 11) is 0. The van der Waals surface area contributed by atoms with Crippen LogP contribution in [0.5, 0.6) is 0 Å². The van der Waals surface area contributed by atoms with E-state index in [1.807, 2.05) is 23.6 Å². The monoisotopic (exact) mass is 325 g/mol. The van der Waals surface area contributed by atoms with Crippen molar-refractivity contribution in [3.05, 3.63) is 0 Å². The largest absolute Gasteiger partial charge is 0.389 e. The molecule has 0 radical (unpaired) electrons. The lowest BCUT2D eigenvalue weighted by Gasteiger charge is -2.39. The fourth-order valence-corrected chi connectivity index (χ4v) is 3.66. The van der Waals surface area contributed by atoms with Crippen molar-refractivity contribution in [3.63, 3.8) is 0 Å². The minimum atomic E-state index is -0.698. The van der Waals surface area contributed by atoms with E-state index in [-0.39, 0.29) is 17.9 Å². The third-order valence-electron chi connectivity index (χ3n) is 4.78. The second-order valence-electron chi connectivity index (χ2n) is 7.54. The zero-order valence-electron chi connectivity index (χ0n) is 14.8. The maximum atomic E-state index is 12.5. The maximum absolute atomic E-state index is 12.5. The number of amides is 2. The first-order valence-corrected chi connectivity index (χ1v) is 8.76. The van der Waals surface area contributed by atoms with Crippen molar-refractivity contribution in [2.24, 2.45) is 0 Å². The van der Waals surface area contributed by atoms with Gasteiger partial charge in [0.2, 0.25) is 11.8 Å². The number of rotatable bonds is 4. The average Bonchev–Trinajstić information content (AvgIpc) is 2.46. The lowest BCUT2D eigenvalue weighted by atomic mass is 9.98. The van der Waals surface area contributed by atoms with Crippen LogP contribution in [0.4, 0.5) is 0 Å². The third kappa shape index (κ3) is 5.46. The van der Waals surface area contributed by atoms with Gasteiger partial charge in [-0.2, -0.15) is 0 Å². The zero-order chi connectivity index (χ0) is 17.0. The van der Waals surface area contributed by atoms with Gasteiger partial charge in [0.15, 0.2) is 0 Å². The molecule has 1 atom stereocenters. The van der Waals surface area contributed by atoms with Crippen LogP contribution in [0.25, 0.3) is 0 Å². The summed E-state index contributed by atoms with van der Waals surface area (Å²) < 4.78 is 0. The number of hydrogen-bond acceptors (Lipinski definition) is 4. The van der Waals surface area contributed by atoms with Gasteiger partial charge >= 0.3 is 0 Å². The number of piperazine rings is 1. The van der Waals surface area contributed by atoms with Gasteiger partial charge in [0, 0.05) is 58.7 Å². The van der Waals surface area contributed by atoms with Crippen LogP contribution >= 0.6 is 0 Å². The Morgan fingerprint density at radius 3 is 2.30 bits per heavy atom. The highest BCUT2D eigenvalue weighted by Crippen LogP contribution is 2.21. The molecule has 0 bridgehead atoms. The Morgan fingerprint density at radius 2 is 1.74 bits per heavy atom. The number of β-amino-alcohol motifs (C(OH)–C–C–N with tert-alkyl or cyclic N) is 1. The van der Waals surface area contributed by atoms with Gasteiger partial charge in [0.25, 0.3) is 0 Å². The topological polar surface area (TPSA) is 64.1 Å². The summed E-state index contributed by atoms with van der Waals surface area (Å²) in [6.45, 7) is 9.66. The van der Waals surface area contributed by atoms with Crippen LogP contribution in [0.2, 0.25) is 0 Å². The molecule has 0 aromatic rings. The van der Waals surface area contributed by atoms with E-state index < -0.39 is 5.60 Å². The molecule has 0 aliphatic carbocycles. The molecule has 0 spiro atoms. The van der Waals surface area contributed by atoms with Gasteiger partial charge in [-0.25, -0.2) is 0 Å². The van der Waals surface area contributed by atoms with Crippen LogP contribution < -0.4 is 0 Å². The van der Waals surface area contributed by atoms with Gasteiger partial charge in [0.05, 0.1) is 5.60 Å².